The van der Waals surface area contributed by atoms with Crippen molar-refractivity contribution in [2.45, 2.75) is 65.3 Å². The zero-order chi connectivity index (χ0) is 17.9. The number of hydrogen-bond acceptors (Lipinski definition) is 3. The van der Waals surface area contributed by atoms with E-state index in [4.69, 9.17) is 4.99 Å². The summed E-state index contributed by atoms with van der Waals surface area (Å²) in [5.74, 6) is 1.89. The van der Waals surface area contributed by atoms with Crippen molar-refractivity contribution in [3.05, 3.63) is 0 Å². The molecule has 0 saturated carbocycles. The molecule has 0 bridgehead atoms. The lowest BCUT2D eigenvalue weighted by atomic mass is 10.0. The van der Waals surface area contributed by atoms with Gasteiger partial charge in [0.1, 0.15) is 0 Å². The van der Waals surface area contributed by atoms with Crippen LogP contribution in [0.1, 0.15) is 59.3 Å². The topological polar surface area (TPSA) is 42.9 Å². The third kappa shape index (κ3) is 9.22. The average molecular weight is 479 g/mol. The van der Waals surface area contributed by atoms with Gasteiger partial charge in [0.15, 0.2) is 5.96 Å². The number of rotatable bonds is 8. The van der Waals surface area contributed by atoms with Crippen LogP contribution >= 0.6 is 24.0 Å². The zero-order valence-electron chi connectivity index (χ0n) is 17.3. The SMILES string of the molecule is CCCN1CCC(NC(=NCCCN2CCCC(C)C2)NCC)CC1.I. The molecule has 2 saturated heterocycles. The molecule has 2 fully saturated rings. The predicted octanol–water partition coefficient (Wildman–Crippen LogP) is 3.16. The Labute approximate surface area is 178 Å². The Morgan fingerprint density at radius 3 is 2.46 bits per heavy atom. The first-order valence-electron chi connectivity index (χ1n) is 10.7. The Bertz CT molecular complexity index is 382. The lowest BCUT2D eigenvalue weighted by Gasteiger charge is -2.33. The van der Waals surface area contributed by atoms with E-state index < -0.39 is 0 Å². The van der Waals surface area contributed by atoms with Gasteiger partial charge in [0.05, 0.1) is 0 Å². The molecule has 154 valence electrons. The van der Waals surface area contributed by atoms with Gasteiger partial charge < -0.3 is 20.4 Å². The first-order chi connectivity index (χ1) is 12.2. The van der Waals surface area contributed by atoms with E-state index in [1.54, 1.807) is 0 Å². The number of guanidine groups is 1. The Kier molecular flexibility index (Phi) is 12.9. The maximum atomic E-state index is 4.82. The van der Waals surface area contributed by atoms with Crippen molar-refractivity contribution in [1.82, 2.24) is 20.4 Å². The van der Waals surface area contributed by atoms with Gasteiger partial charge in [0.25, 0.3) is 0 Å². The van der Waals surface area contributed by atoms with Crippen LogP contribution in [0.4, 0.5) is 0 Å². The molecule has 2 aliphatic heterocycles. The molecule has 0 radical (unpaired) electrons. The molecule has 2 N–H and O–H groups in total. The monoisotopic (exact) mass is 479 g/mol. The van der Waals surface area contributed by atoms with E-state index in [-0.39, 0.29) is 24.0 Å². The fourth-order valence-corrected chi connectivity index (χ4v) is 4.11. The molecule has 2 aliphatic rings. The number of piperidine rings is 2. The molecule has 2 heterocycles. The summed E-state index contributed by atoms with van der Waals surface area (Å²) in [7, 11) is 0. The third-order valence-corrected chi connectivity index (χ3v) is 5.46. The van der Waals surface area contributed by atoms with E-state index in [1.165, 1.54) is 71.4 Å². The van der Waals surface area contributed by atoms with Gasteiger partial charge in [0, 0.05) is 38.8 Å². The van der Waals surface area contributed by atoms with Crippen molar-refractivity contribution in [3.63, 3.8) is 0 Å². The molecular formula is C20H42IN5. The number of nitrogens with zero attached hydrogens (tertiary/aromatic N) is 3. The quantitative estimate of drug-likeness (QED) is 0.243. The van der Waals surface area contributed by atoms with E-state index >= 15 is 0 Å². The minimum absolute atomic E-state index is 0. The Hall–Kier alpha value is -0.0800. The van der Waals surface area contributed by atoms with Crippen molar-refractivity contribution >= 4 is 29.9 Å². The summed E-state index contributed by atoms with van der Waals surface area (Å²) in [6, 6.07) is 0.578. The molecular weight excluding hydrogens is 437 g/mol. The molecule has 0 aromatic rings. The summed E-state index contributed by atoms with van der Waals surface area (Å²) in [5, 5.41) is 7.09. The summed E-state index contributed by atoms with van der Waals surface area (Å²) in [4.78, 5) is 10.0. The van der Waals surface area contributed by atoms with Gasteiger partial charge in [-0.15, -0.1) is 24.0 Å². The van der Waals surface area contributed by atoms with Crippen molar-refractivity contribution in [2.24, 2.45) is 10.9 Å². The average Bonchev–Trinajstić information content (AvgIpc) is 2.61. The van der Waals surface area contributed by atoms with Crippen LogP contribution in [-0.4, -0.2) is 74.2 Å². The van der Waals surface area contributed by atoms with Crippen molar-refractivity contribution in [3.8, 4) is 0 Å². The predicted molar refractivity (Wildman–Crippen MR) is 124 cm³/mol. The summed E-state index contributed by atoms with van der Waals surface area (Å²) >= 11 is 0. The lowest BCUT2D eigenvalue weighted by molar-refractivity contribution is 0.183. The molecule has 0 aromatic heterocycles. The van der Waals surface area contributed by atoms with Gasteiger partial charge in [0.2, 0.25) is 0 Å². The van der Waals surface area contributed by atoms with Crippen LogP contribution in [0, 0.1) is 5.92 Å². The van der Waals surface area contributed by atoms with Crippen LogP contribution in [0.3, 0.4) is 0 Å². The summed E-state index contributed by atoms with van der Waals surface area (Å²) in [6.07, 6.45) is 7.66. The molecule has 5 nitrogen and oxygen atoms in total. The Morgan fingerprint density at radius 1 is 1.04 bits per heavy atom. The normalized spacial score (nSPS) is 23.5. The number of halogens is 1. The number of likely N-dealkylation sites (tertiary alicyclic amines) is 2. The number of nitrogens with one attached hydrogen (secondary N) is 2. The second kappa shape index (κ2) is 14.0. The van der Waals surface area contributed by atoms with Crippen molar-refractivity contribution in [1.29, 1.82) is 0 Å². The standard InChI is InChI=1S/C20H41N5.HI/c1-4-12-24-15-9-19(10-16-24)23-20(21-5-2)22-11-7-14-25-13-6-8-18(3)17-25;/h18-19H,4-17H2,1-3H3,(H2,21,22,23);1H. The Morgan fingerprint density at radius 2 is 1.81 bits per heavy atom. The van der Waals surface area contributed by atoms with Gasteiger partial charge in [-0.3, -0.25) is 4.99 Å². The molecule has 0 amide bonds. The summed E-state index contributed by atoms with van der Waals surface area (Å²) in [6.45, 7) is 16.1. The van der Waals surface area contributed by atoms with Crippen molar-refractivity contribution in [2.75, 3.05) is 52.4 Å². The molecule has 0 aliphatic carbocycles. The minimum atomic E-state index is 0. The van der Waals surface area contributed by atoms with E-state index in [9.17, 15) is 0 Å². The largest absolute Gasteiger partial charge is 0.357 e. The molecule has 0 aromatic carbocycles. The van der Waals surface area contributed by atoms with E-state index in [0.29, 0.717) is 6.04 Å². The summed E-state index contributed by atoms with van der Waals surface area (Å²) < 4.78 is 0. The van der Waals surface area contributed by atoms with Gasteiger partial charge >= 0.3 is 0 Å². The van der Waals surface area contributed by atoms with Gasteiger partial charge in [-0.2, -0.15) is 0 Å². The Balaban J connectivity index is 0.00000338. The molecule has 2 rings (SSSR count). The molecule has 26 heavy (non-hydrogen) atoms. The van der Waals surface area contributed by atoms with Crippen molar-refractivity contribution < 1.29 is 0 Å². The molecule has 0 spiro atoms. The number of hydrogen-bond donors (Lipinski definition) is 2. The maximum absolute atomic E-state index is 4.82. The lowest BCUT2D eigenvalue weighted by Crippen LogP contribution is -2.48. The van der Waals surface area contributed by atoms with Gasteiger partial charge in [-0.1, -0.05) is 13.8 Å². The highest BCUT2D eigenvalue weighted by Gasteiger charge is 2.19. The van der Waals surface area contributed by atoms with E-state index in [0.717, 1.165) is 31.4 Å². The van der Waals surface area contributed by atoms with E-state index in [1.807, 2.05) is 0 Å². The van der Waals surface area contributed by atoms with E-state index in [2.05, 4.69) is 41.2 Å². The van der Waals surface area contributed by atoms with Crippen LogP contribution in [-0.2, 0) is 0 Å². The summed E-state index contributed by atoms with van der Waals surface area (Å²) in [5.41, 5.74) is 0. The van der Waals surface area contributed by atoms with Gasteiger partial charge in [-0.05, 0) is 71.0 Å². The number of aliphatic imine (C=N–C) groups is 1. The smallest absolute Gasteiger partial charge is 0.191 e. The highest BCUT2D eigenvalue weighted by molar-refractivity contribution is 14.0. The maximum Gasteiger partial charge on any atom is 0.191 e. The first-order valence-corrected chi connectivity index (χ1v) is 10.7. The van der Waals surface area contributed by atoms with Crippen LogP contribution in [0.2, 0.25) is 0 Å². The fraction of sp³-hybridized carbons (Fsp3) is 0.950. The first kappa shape index (κ1) is 24.0. The van der Waals surface area contributed by atoms with Crippen LogP contribution in [0.15, 0.2) is 4.99 Å². The second-order valence-electron chi connectivity index (χ2n) is 7.92. The third-order valence-electron chi connectivity index (χ3n) is 5.46. The molecule has 6 heteroatoms. The minimum Gasteiger partial charge on any atom is -0.357 e. The highest BCUT2D eigenvalue weighted by atomic mass is 127. The van der Waals surface area contributed by atoms with Crippen LogP contribution in [0.25, 0.3) is 0 Å². The van der Waals surface area contributed by atoms with Crippen LogP contribution < -0.4 is 10.6 Å². The fourth-order valence-electron chi connectivity index (χ4n) is 4.11. The second-order valence-corrected chi connectivity index (χ2v) is 7.92. The molecule has 1 atom stereocenters. The zero-order valence-corrected chi connectivity index (χ0v) is 19.6. The van der Waals surface area contributed by atoms with Crippen LogP contribution in [0.5, 0.6) is 0 Å². The molecule has 1 unspecified atom stereocenters. The van der Waals surface area contributed by atoms with Gasteiger partial charge in [-0.25, -0.2) is 0 Å². The highest BCUT2D eigenvalue weighted by Crippen LogP contribution is 2.15.